The molecule has 3 rings (SSSR count). The lowest BCUT2D eigenvalue weighted by Gasteiger charge is -2.16. The van der Waals surface area contributed by atoms with Gasteiger partial charge in [0.2, 0.25) is 0 Å². The van der Waals surface area contributed by atoms with Crippen LogP contribution < -0.4 is 20.1 Å². The molecule has 0 saturated carbocycles. The Bertz CT molecular complexity index is 1010. The van der Waals surface area contributed by atoms with Crippen LogP contribution in [0.3, 0.4) is 0 Å². The highest BCUT2D eigenvalue weighted by Gasteiger charge is 2.15. The molecule has 3 N–H and O–H groups in total. The van der Waals surface area contributed by atoms with Gasteiger partial charge in [-0.15, -0.1) is 0 Å². The quantitative estimate of drug-likeness (QED) is 0.486. The van der Waals surface area contributed by atoms with Crippen LogP contribution in [0.25, 0.3) is 11.1 Å². The number of urea groups is 1. The summed E-state index contributed by atoms with van der Waals surface area (Å²) >= 11 is 0. The molecule has 3 aromatic rings. The number of amides is 2. The molecule has 1 aromatic heterocycles. The molecular weight excluding hydrogens is 401 g/mol. The fourth-order valence-electron chi connectivity index (χ4n) is 2.86. The molecule has 0 aliphatic heterocycles. The van der Waals surface area contributed by atoms with Gasteiger partial charge in [0.1, 0.15) is 23.9 Å². The van der Waals surface area contributed by atoms with Gasteiger partial charge in [0.25, 0.3) is 0 Å². The van der Waals surface area contributed by atoms with E-state index in [0.717, 1.165) is 5.56 Å². The second-order valence-electron chi connectivity index (χ2n) is 7.13. The van der Waals surface area contributed by atoms with Gasteiger partial charge in [-0.05, 0) is 37.9 Å². The zero-order valence-corrected chi connectivity index (χ0v) is 17.7. The van der Waals surface area contributed by atoms with Crippen molar-refractivity contribution in [3.63, 3.8) is 0 Å². The molecule has 0 atom stereocenters. The number of hydrogen-bond acceptors (Lipinski definition) is 5. The predicted molar refractivity (Wildman–Crippen MR) is 117 cm³/mol. The van der Waals surface area contributed by atoms with Gasteiger partial charge in [0.05, 0.1) is 19.0 Å². The van der Waals surface area contributed by atoms with Crippen molar-refractivity contribution in [2.45, 2.75) is 6.54 Å². The lowest BCUT2D eigenvalue weighted by atomic mass is 10.1. The third-order valence-corrected chi connectivity index (χ3v) is 4.51. The zero-order valence-electron chi connectivity index (χ0n) is 17.7. The van der Waals surface area contributed by atoms with Gasteiger partial charge in [-0.1, -0.05) is 12.1 Å². The van der Waals surface area contributed by atoms with E-state index < -0.39 is 11.8 Å². The summed E-state index contributed by atoms with van der Waals surface area (Å²) in [6.45, 7) is 1.33. The molecule has 0 spiro atoms. The van der Waals surface area contributed by atoms with E-state index in [1.807, 2.05) is 43.3 Å². The van der Waals surface area contributed by atoms with Crippen LogP contribution >= 0.6 is 0 Å². The smallest absolute Gasteiger partial charge is 0.319 e. The molecule has 2 amide bonds. The number of rotatable bonds is 9. The molecule has 164 valence electrons. The van der Waals surface area contributed by atoms with Gasteiger partial charge in [-0.25, -0.2) is 9.18 Å². The lowest BCUT2D eigenvalue weighted by molar-refractivity contribution is 0.250. The summed E-state index contributed by atoms with van der Waals surface area (Å²) in [6.07, 6.45) is 3.12. The van der Waals surface area contributed by atoms with Gasteiger partial charge in [0.15, 0.2) is 0 Å². The van der Waals surface area contributed by atoms with E-state index in [1.165, 1.54) is 12.3 Å². The number of halogens is 1. The fourth-order valence-corrected chi connectivity index (χ4v) is 2.86. The first kappa shape index (κ1) is 22.1. The topological polar surface area (TPSA) is 91.5 Å². The monoisotopic (exact) mass is 427 g/mol. The van der Waals surface area contributed by atoms with Crippen LogP contribution in [-0.2, 0) is 6.54 Å². The Kier molecular flexibility index (Phi) is 7.45. The number of ether oxygens (including phenoxy) is 2. The summed E-state index contributed by atoms with van der Waals surface area (Å²) < 4.78 is 25.8. The average molecular weight is 427 g/mol. The van der Waals surface area contributed by atoms with Crippen molar-refractivity contribution in [3.05, 3.63) is 60.2 Å². The third kappa shape index (κ3) is 6.19. The summed E-state index contributed by atoms with van der Waals surface area (Å²) in [5.74, 6) is 0.577. The van der Waals surface area contributed by atoms with Crippen molar-refractivity contribution >= 4 is 11.7 Å². The summed E-state index contributed by atoms with van der Waals surface area (Å²) in [5, 5.41) is 12.0. The van der Waals surface area contributed by atoms with Gasteiger partial charge in [0, 0.05) is 36.5 Å². The molecular formula is C22H26FN5O3. The lowest BCUT2D eigenvalue weighted by Crippen LogP contribution is -2.28. The highest BCUT2D eigenvalue weighted by molar-refractivity contribution is 5.91. The standard InChI is InChI=1S/C22H26FN5O3/c1-28(2)7-8-31-21-10-18(16-13-25-26-14-16)19(23)11-20(21)27-22(29)24-12-15-5-4-6-17(9-15)30-3/h4-6,9-11,13-14H,7-8,12H2,1-3H3,(H,25,26)(H2,24,27,29). The van der Waals surface area contributed by atoms with Crippen molar-refractivity contribution in [3.8, 4) is 22.6 Å². The van der Waals surface area contributed by atoms with E-state index in [0.29, 0.717) is 35.8 Å². The molecule has 0 radical (unpaired) electrons. The van der Waals surface area contributed by atoms with Crippen LogP contribution in [0.5, 0.6) is 11.5 Å². The maximum absolute atomic E-state index is 14.7. The predicted octanol–water partition coefficient (Wildman–Crippen LogP) is 3.49. The normalized spacial score (nSPS) is 10.7. The number of nitrogens with zero attached hydrogens (tertiary/aromatic N) is 2. The average Bonchev–Trinajstić information content (AvgIpc) is 3.28. The van der Waals surface area contributed by atoms with E-state index in [4.69, 9.17) is 9.47 Å². The maximum Gasteiger partial charge on any atom is 0.319 e. The molecule has 0 fully saturated rings. The first-order valence-electron chi connectivity index (χ1n) is 9.74. The van der Waals surface area contributed by atoms with Crippen LogP contribution in [0.2, 0.25) is 0 Å². The third-order valence-electron chi connectivity index (χ3n) is 4.51. The Morgan fingerprint density at radius 1 is 1.26 bits per heavy atom. The molecule has 0 bridgehead atoms. The fraction of sp³-hybridized carbons (Fsp3) is 0.273. The molecule has 0 aliphatic carbocycles. The first-order valence-corrected chi connectivity index (χ1v) is 9.74. The number of anilines is 1. The van der Waals surface area contributed by atoms with E-state index in [2.05, 4.69) is 20.8 Å². The molecule has 8 nitrogen and oxygen atoms in total. The molecule has 9 heteroatoms. The number of carbonyl (C=O) groups is 1. The Morgan fingerprint density at radius 3 is 2.81 bits per heavy atom. The Balaban J connectivity index is 1.74. The number of methoxy groups -OCH3 is 1. The van der Waals surface area contributed by atoms with Crippen molar-refractivity contribution < 1.29 is 18.7 Å². The largest absolute Gasteiger partial charge is 0.497 e. The van der Waals surface area contributed by atoms with Crippen molar-refractivity contribution in [1.82, 2.24) is 20.4 Å². The molecule has 1 heterocycles. The second kappa shape index (κ2) is 10.4. The molecule has 0 aliphatic rings. The van der Waals surface area contributed by atoms with Crippen LogP contribution in [0.1, 0.15) is 5.56 Å². The minimum atomic E-state index is -0.496. The number of aromatic nitrogens is 2. The van der Waals surface area contributed by atoms with E-state index in [-0.39, 0.29) is 12.2 Å². The van der Waals surface area contributed by atoms with Crippen molar-refractivity contribution in [1.29, 1.82) is 0 Å². The van der Waals surface area contributed by atoms with Gasteiger partial charge in [-0.3, -0.25) is 5.10 Å². The highest BCUT2D eigenvalue weighted by Crippen LogP contribution is 2.33. The zero-order chi connectivity index (χ0) is 22.2. The van der Waals surface area contributed by atoms with Crippen LogP contribution in [0.4, 0.5) is 14.9 Å². The summed E-state index contributed by atoms with van der Waals surface area (Å²) in [7, 11) is 5.44. The number of aromatic amines is 1. The number of hydrogen-bond donors (Lipinski definition) is 3. The van der Waals surface area contributed by atoms with Gasteiger partial charge < -0.3 is 25.0 Å². The van der Waals surface area contributed by atoms with E-state index >= 15 is 0 Å². The minimum absolute atomic E-state index is 0.242. The van der Waals surface area contributed by atoms with Crippen molar-refractivity contribution in [2.75, 3.05) is 39.7 Å². The number of H-pyrrole nitrogens is 1. The van der Waals surface area contributed by atoms with Crippen LogP contribution in [0.15, 0.2) is 48.8 Å². The van der Waals surface area contributed by atoms with Gasteiger partial charge >= 0.3 is 6.03 Å². The Morgan fingerprint density at radius 2 is 2.10 bits per heavy atom. The van der Waals surface area contributed by atoms with Gasteiger partial charge in [-0.2, -0.15) is 5.10 Å². The summed E-state index contributed by atoms with van der Waals surface area (Å²) in [6, 6.07) is 9.70. The first-order chi connectivity index (χ1) is 15.0. The highest BCUT2D eigenvalue weighted by atomic mass is 19.1. The molecule has 31 heavy (non-hydrogen) atoms. The summed E-state index contributed by atoms with van der Waals surface area (Å²) in [4.78, 5) is 14.4. The molecule has 2 aromatic carbocycles. The van der Waals surface area contributed by atoms with Crippen molar-refractivity contribution in [2.24, 2.45) is 0 Å². The van der Waals surface area contributed by atoms with E-state index in [1.54, 1.807) is 19.4 Å². The number of carbonyl (C=O) groups excluding carboxylic acids is 1. The number of benzene rings is 2. The molecule has 0 unspecified atom stereocenters. The van der Waals surface area contributed by atoms with Crippen LogP contribution in [-0.4, -0.2) is 55.5 Å². The summed E-state index contributed by atoms with van der Waals surface area (Å²) in [5.41, 5.74) is 2.03. The van der Waals surface area contributed by atoms with Crippen LogP contribution in [0, 0.1) is 5.82 Å². The number of nitrogens with one attached hydrogen (secondary N) is 3. The maximum atomic E-state index is 14.7. The second-order valence-corrected chi connectivity index (χ2v) is 7.13. The number of likely N-dealkylation sites (N-methyl/N-ethyl adjacent to an activating group) is 1. The molecule has 0 saturated heterocycles. The Labute approximate surface area is 180 Å². The van der Waals surface area contributed by atoms with E-state index in [9.17, 15) is 9.18 Å². The SMILES string of the molecule is COc1cccc(CNC(=O)Nc2cc(F)c(-c3cn[nH]c3)cc2OCCN(C)C)c1. The Hall–Kier alpha value is -3.59. The minimum Gasteiger partial charge on any atom is -0.497 e.